The summed E-state index contributed by atoms with van der Waals surface area (Å²) in [6, 6.07) is 5.88. The molecule has 1 aliphatic rings. The van der Waals surface area contributed by atoms with Gasteiger partial charge >= 0.3 is 0 Å². The number of aromatic amines is 1. The number of aliphatic hydroxyl groups is 5. The Morgan fingerprint density at radius 1 is 1.09 bits per heavy atom. The van der Waals surface area contributed by atoms with E-state index in [9.17, 15) is 0 Å². The molecule has 2 heterocycles. The van der Waals surface area contributed by atoms with E-state index in [1.54, 1.807) is 0 Å². The number of rotatable bonds is 1. The van der Waals surface area contributed by atoms with Gasteiger partial charge in [0.1, 0.15) is 24.4 Å². The topological polar surface area (TPSA) is 126 Å². The van der Waals surface area contributed by atoms with Crippen LogP contribution in [0.4, 0.5) is 0 Å². The van der Waals surface area contributed by atoms with E-state index in [1.807, 2.05) is 24.4 Å². The number of ether oxygens (including phenoxy) is 1. The van der Waals surface area contributed by atoms with Gasteiger partial charge in [0.15, 0.2) is 6.29 Å². The Bertz CT molecular complexity index is 648. The molecule has 1 aromatic heterocycles. The number of hydrogen-bond donors (Lipinski definition) is 6. The molecule has 0 bridgehead atoms. The Labute approximate surface area is 145 Å². The average molecular weight is 411 g/mol. The van der Waals surface area contributed by atoms with Crippen molar-refractivity contribution in [3.05, 3.63) is 33.9 Å². The van der Waals surface area contributed by atoms with Crippen molar-refractivity contribution in [2.45, 2.75) is 30.7 Å². The number of halogens is 2. The normalized spacial score (nSPS) is 30.8. The first-order valence-corrected chi connectivity index (χ1v) is 7.93. The molecule has 1 fully saturated rings. The molecule has 1 aliphatic heterocycles. The van der Waals surface area contributed by atoms with Gasteiger partial charge in [-0.2, -0.15) is 0 Å². The number of aliphatic hydroxyl groups excluding tert-OH is 5. The Morgan fingerprint density at radius 3 is 2.43 bits per heavy atom. The van der Waals surface area contributed by atoms with Crippen molar-refractivity contribution in [2.75, 3.05) is 6.61 Å². The second-order valence-corrected chi connectivity index (χ2v) is 6.25. The first-order valence-electron chi connectivity index (χ1n) is 6.76. The smallest absolute Gasteiger partial charge is 0.184 e. The third-order valence-corrected chi connectivity index (χ3v) is 4.78. The van der Waals surface area contributed by atoms with Crippen molar-refractivity contribution in [3.8, 4) is 0 Å². The molecule has 0 saturated carbocycles. The van der Waals surface area contributed by atoms with Crippen LogP contribution in [0, 0.1) is 0 Å². The fraction of sp³-hybridized carbons (Fsp3) is 0.429. The number of aromatic nitrogens is 1. The van der Waals surface area contributed by atoms with Crippen molar-refractivity contribution < 1.29 is 30.3 Å². The summed E-state index contributed by atoms with van der Waals surface area (Å²) in [5.74, 6) is 0. The van der Waals surface area contributed by atoms with Crippen molar-refractivity contribution in [1.29, 1.82) is 0 Å². The molecule has 9 heteroatoms. The van der Waals surface area contributed by atoms with Crippen LogP contribution in [0.25, 0.3) is 10.9 Å². The standard InChI is InChI=1S/C8H5BrClN.C6H12O6/c9-6-1-2-7-5(8(6)10)3-4-11-7;7-1-2-3(8)4(9)5(10)6(11)12-2/h1-4,11H;2-11H,1H2/t;2-,3+,4+,5-,6-/m.1/s1. The first kappa shape index (κ1) is 18.6. The van der Waals surface area contributed by atoms with E-state index in [-0.39, 0.29) is 0 Å². The first-order chi connectivity index (χ1) is 10.9. The minimum Gasteiger partial charge on any atom is -0.394 e. The molecule has 1 aromatic carbocycles. The molecular formula is C14H17BrClNO6. The Balaban J connectivity index is 0.000000167. The largest absolute Gasteiger partial charge is 0.394 e. The molecule has 0 aliphatic carbocycles. The molecule has 6 N–H and O–H groups in total. The van der Waals surface area contributed by atoms with E-state index in [0.717, 1.165) is 20.4 Å². The van der Waals surface area contributed by atoms with E-state index < -0.39 is 37.3 Å². The summed E-state index contributed by atoms with van der Waals surface area (Å²) in [5, 5.41) is 46.5. The zero-order valence-corrected chi connectivity index (χ0v) is 14.1. The lowest BCUT2D eigenvalue weighted by Crippen LogP contribution is -2.58. The van der Waals surface area contributed by atoms with Crippen molar-refractivity contribution >= 4 is 38.4 Å². The van der Waals surface area contributed by atoms with Gasteiger partial charge in [0.2, 0.25) is 0 Å². The zero-order valence-electron chi connectivity index (χ0n) is 11.8. The van der Waals surface area contributed by atoms with Crippen LogP contribution in [-0.4, -0.2) is 67.8 Å². The van der Waals surface area contributed by atoms with Gasteiger partial charge in [-0.25, -0.2) is 0 Å². The van der Waals surface area contributed by atoms with E-state index in [2.05, 4.69) is 25.7 Å². The lowest BCUT2D eigenvalue weighted by Gasteiger charge is -2.37. The maximum absolute atomic E-state index is 9.12. The highest BCUT2D eigenvalue weighted by atomic mass is 79.9. The van der Waals surface area contributed by atoms with Crippen molar-refractivity contribution in [3.63, 3.8) is 0 Å². The Morgan fingerprint density at radius 2 is 1.78 bits per heavy atom. The quantitative estimate of drug-likeness (QED) is 0.403. The third-order valence-electron chi connectivity index (χ3n) is 3.49. The Hall–Kier alpha value is -0.710. The summed E-state index contributed by atoms with van der Waals surface area (Å²) in [4.78, 5) is 3.08. The molecule has 3 rings (SSSR count). The highest BCUT2D eigenvalue weighted by molar-refractivity contribution is 9.10. The molecule has 0 unspecified atom stereocenters. The fourth-order valence-corrected chi connectivity index (χ4v) is 2.73. The van der Waals surface area contributed by atoms with Crippen LogP contribution in [0.3, 0.4) is 0 Å². The number of nitrogens with one attached hydrogen (secondary N) is 1. The van der Waals surface area contributed by atoms with E-state index in [1.165, 1.54) is 0 Å². The van der Waals surface area contributed by atoms with Crippen LogP contribution >= 0.6 is 27.5 Å². The van der Waals surface area contributed by atoms with Gasteiger partial charge in [0.05, 0.1) is 11.6 Å². The van der Waals surface area contributed by atoms with Crippen molar-refractivity contribution in [2.24, 2.45) is 0 Å². The van der Waals surface area contributed by atoms with Crippen LogP contribution in [0.1, 0.15) is 0 Å². The number of hydrogen-bond acceptors (Lipinski definition) is 6. The molecule has 7 nitrogen and oxygen atoms in total. The van der Waals surface area contributed by atoms with Gasteiger partial charge in [-0.1, -0.05) is 11.6 Å². The van der Waals surface area contributed by atoms with E-state index in [0.29, 0.717) is 0 Å². The van der Waals surface area contributed by atoms with Gasteiger partial charge in [-0.3, -0.25) is 0 Å². The second-order valence-electron chi connectivity index (χ2n) is 5.02. The van der Waals surface area contributed by atoms with Crippen LogP contribution in [0.2, 0.25) is 5.02 Å². The molecule has 128 valence electrons. The summed E-state index contributed by atoms with van der Waals surface area (Å²) in [7, 11) is 0. The average Bonchev–Trinajstić information content (AvgIpc) is 3.02. The van der Waals surface area contributed by atoms with Gasteiger partial charge in [-0.15, -0.1) is 0 Å². The number of benzene rings is 1. The van der Waals surface area contributed by atoms with Crippen LogP contribution < -0.4 is 0 Å². The molecule has 5 atom stereocenters. The maximum atomic E-state index is 9.12. The minimum atomic E-state index is -1.57. The van der Waals surface area contributed by atoms with Crippen LogP contribution in [-0.2, 0) is 4.74 Å². The Kier molecular flexibility index (Phi) is 6.40. The second kappa shape index (κ2) is 7.91. The molecular weight excluding hydrogens is 394 g/mol. The highest BCUT2D eigenvalue weighted by Gasteiger charge is 2.42. The molecule has 0 radical (unpaired) electrons. The third kappa shape index (κ3) is 4.04. The van der Waals surface area contributed by atoms with Crippen LogP contribution in [0.15, 0.2) is 28.9 Å². The summed E-state index contributed by atoms with van der Waals surface area (Å²) in [5.41, 5.74) is 1.07. The lowest BCUT2D eigenvalue weighted by atomic mass is 10.00. The summed E-state index contributed by atoms with van der Waals surface area (Å²) < 4.78 is 5.51. The SMILES string of the molecule is Clc1c(Br)ccc2[nH]ccc12.OC[C@H]1O[C@@H](O)[C@H](O)[C@@H](O)[C@H]1O. The lowest BCUT2D eigenvalue weighted by molar-refractivity contribution is -0.286. The molecule has 1 saturated heterocycles. The molecule has 0 amide bonds. The maximum Gasteiger partial charge on any atom is 0.184 e. The van der Waals surface area contributed by atoms with Gasteiger partial charge in [0.25, 0.3) is 0 Å². The molecule has 23 heavy (non-hydrogen) atoms. The summed E-state index contributed by atoms with van der Waals surface area (Å²) >= 11 is 9.36. The van der Waals surface area contributed by atoms with Crippen molar-refractivity contribution in [1.82, 2.24) is 4.98 Å². The van der Waals surface area contributed by atoms with Gasteiger partial charge in [-0.05, 0) is 34.1 Å². The molecule has 2 aromatic rings. The number of fused-ring (bicyclic) bond motifs is 1. The zero-order chi connectivity index (χ0) is 17.1. The van der Waals surface area contributed by atoms with Gasteiger partial charge < -0.3 is 35.3 Å². The summed E-state index contributed by atoms with van der Waals surface area (Å²) in [6.07, 6.45) is -5.16. The highest BCUT2D eigenvalue weighted by Crippen LogP contribution is 2.30. The minimum absolute atomic E-state index is 0.526. The monoisotopic (exact) mass is 409 g/mol. The predicted octanol–water partition coefficient (Wildman–Crippen LogP) is 0.362. The van der Waals surface area contributed by atoms with Gasteiger partial charge in [0, 0.05) is 21.6 Å². The fourth-order valence-electron chi connectivity index (χ4n) is 2.15. The number of H-pyrrole nitrogens is 1. The van der Waals surface area contributed by atoms with E-state index >= 15 is 0 Å². The molecule has 0 spiro atoms. The summed E-state index contributed by atoms with van der Waals surface area (Å²) in [6.45, 7) is -0.526. The van der Waals surface area contributed by atoms with E-state index in [4.69, 9.17) is 37.1 Å². The van der Waals surface area contributed by atoms with Crippen LogP contribution in [0.5, 0.6) is 0 Å². The predicted molar refractivity (Wildman–Crippen MR) is 87.0 cm³/mol.